The van der Waals surface area contributed by atoms with Crippen molar-refractivity contribution in [3.63, 3.8) is 0 Å². The van der Waals surface area contributed by atoms with Crippen LogP contribution < -0.4 is 10.6 Å². The fourth-order valence-corrected chi connectivity index (χ4v) is 3.38. The zero-order valence-corrected chi connectivity index (χ0v) is 17.7. The standard InChI is InChI=1S/C20H21F3IN3O/c1-11(2)8-25-13-9-27(10-13)20(28)14-4-5-15(21)18(23)19(14)26-17-6-3-12(24)7-16(17)22/h3-7,11,13,25-26H,8-10H2,1-2H3. The number of hydrogen-bond donors (Lipinski definition) is 2. The van der Waals surface area contributed by atoms with Crippen LogP contribution in [-0.4, -0.2) is 36.5 Å². The predicted octanol–water partition coefficient (Wildman–Crippen LogP) is 4.52. The van der Waals surface area contributed by atoms with Crippen LogP contribution in [0.25, 0.3) is 0 Å². The molecule has 0 aromatic heterocycles. The number of nitrogens with one attached hydrogen (secondary N) is 2. The Hall–Kier alpha value is -1.81. The lowest BCUT2D eigenvalue weighted by Crippen LogP contribution is -2.60. The molecule has 2 aromatic rings. The monoisotopic (exact) mass is 503 g/mol. The summed E-state index contributed by atoms with van der Waals surface area (Å²) in [6.45, 7) is 6.01. The average Bonchev–Trinajstić information content (AvgIpc) is 2.59. The van der Waals surface area contributed by atoms with Gasteiger partial charge in [-0.25, -0.2) is 13.2 Å². The maximum atomic E-state index is 14.4. The molecule has 0 bridgehead atoms. The van der Waals surface area contributed by atoms with Crippen LogP contribution in [0.2, 0.25) is 0 Å². The van der Waals surface area contributed by atoms with Crippen molar-refractivity contribution in [2.75, 3.05) is 25.0 Å². The molecule has 1 amide bonds. The zero-order chi connectivity index (χ0) is 20.4. The van der Waals surface area contributed by atoms with Crippen LogP contribution in [0, 0.1) is 26.9 Å². The van der Waals surface area contributed by atoms with Crippen LogP contribution >= 0.6 is 22.6 Å². The summed E-state index contributed by atoms with van der Waals surface area (Å²) in [6, 6.07) is 6.63. The van der Waals surface area contributed by atoms with Gasteiger partial charge in [-0.05, 0) is 65.4 Å². The lowest BCUT2D eigenvalue weighted by atomic mass is 10.0. The predicted molar refractivity (Wildman–Crippen MR) is 111 cm³/mol. The Morgan fingerprint density at radius 2 is 1.89 bits per heavy atom. The normalized spacial score (nSPS) is 14.3. The number of anilines is 2. The van der Waals surface area contributed by atoms with Crippen LogP contribution in [0.5, 0.6) is 0 Å². The molecule has 0 radical (unpaired) electrons. The van der Waals surface area contributed by atoms with Crippen molar-refractivity contribution in [2.24, 2.45) is 5.92 Å². The molecule has 1 saturated heterocycles. The molecule has 1 aliphatic heterocycles. The van der Waals surface area contributed by atoms with Gasteiger partial charge in [-0.3, -0.25) is 4.79 Å². The molecular formula is C20H21F3IN3O. The number of nitrogens with zero attached hydrogens (tertiary/aromatic N) is 1. The second kappa shape index (κ2) is 8.69. The molecule has 1 heterocycles. The molecule has 4 nitrogen and oxygen atoms in total. The molecule has 2 N–H and O–H groups in total. The molecule has 0 aliphatic carbocycles. The summed E-state index contributed by atoms with van der Waals surface area (Å²) in [5, 5.41) is 5.90. The molecule has 0 atom stereocenters. The minimum Gasteiger partial charge on any atom is -0.350 e. The Morgan fingerprint density at radius 1 is 1.18 bits per heavy atom. The van der Waals surface area contributed by atoms with E-state index in [0.29, 0.717) is 22.6 Å². The van der Waals surface area contributed by atoms with E-state index in [4.69, 9.17) is 0 Å². The number of rotatable bonds is 6. The molecule has 28 heavy (non-hydrogen) atoms. The molecular weight excluding hydrogens is 482 g/mol. The summed E-state index contributed by atoms with van der Waals surface area (Å²) < 4.78 is 43.0. The van der Waals surface area contributed by atoms with E-state index in [0.717, 1.165) is 12.6 Å². The number of halogens is 4. The van der Waals surface area contributed by atoms with Gasteiger partial charge in [0.05, 0.1) is 16.9 Å². The van der Waals surface area contributed by atoms with E-state index in [9.17, 15) is 18.0 Å². The molecule has 1 fully saturated rings. The average molecular weight is 503 g/mol. The first kappa shape index (κ1) is 20.9. The summed E-state index contributed by atoms with van der Waals surface area (Å²) in [5.41, 5.74) is -0.415. The highest BCUT2D eigenvalue weighted by molar-refractivity contribution is 14.1. The molecule has 150 valence electrons. The van der Waals surface area contributed by atoms with Crippen LogP contribution in [0.15, 0.2) is 30.3 Å². The molecule has 0 spiro atoms. The second-order valence-electron chi connectivity index (χ2n) is 7.24. The molecule has 1 aliphatic rings. The van der Waals surface area contributed by atoms with Gasteiger partial charge in [-0.1, -0.05) is 13.8 Å². The van der Waals surface area contributed by atoms with Crippen molar-refractivity contribution in [1.82, 2.24) is 10.2 Å². The smallest absolute Gasteiger partial charge is 0.256 e. The van der Waals surface area contributed by atoms with E-state index in [-0.39, 0.29) is 23.0 Å². The van der Waals surface area contributed by atoms with Gasteiger partial charge in [0.25, 0.3) is 5.91 Å². The van der Waals surface area contributed by atoms with Crippen LogP contribution in [-0.2, 0) is 0 Å². The Labute approximate surface area is 175 Å². The number of benzene rings is 2. The third kappa shape index (κ3) is 4.60. The number of likely N-dealkylation sites (tertiary alicyclic amines) is 1. The minimum absolute atomic E-state index is 0.0286. The van der Waals surface area contributed by atoms with Crippen LogP contribution in [0.1, 0.15) is 24.2 Å². The second-order valence-corrected chi connectivity index (χ2v) is 8.49. The van der Waals surface area contributed by atoms with E-state index >= 15 is 0 Å². The third-order valence-corrected chi connectivity index (χ3v) is 5.17. The van der Waals surface area contributed by atoms with Crippen molar-refractivity contribution in [1.29, 1.82) is 0 Å². The van der Waals surface area contributed by atoms with E-state index < -0.39 is 23.4 Å². The maximum absolute atomic E-state index is 14.4. The fraction of sp³-hybridized carbons (Fsp3) is 0.350. The Kier molecular flexibility index (Phi) is 6.49. The summed E-state index contributed by atoms with van der Waals surface area (Å²) >= 11 is 1.95. The lowest BCUT2D eigenvalue weighted by molar-refractivity contribution is 0.0565. The van der Waals surface area contributed by atoms with Gasteiger partial charge in [0.2, 0.25) is 0 Å². The quantitative estimate of drug-likeness (QED) is 0.570. The van der Waals surface area contributed by atoms with Crippen molar-refractivity contribution >= 4 is 39.9 Å². The Balaban J connectivity index is 1.80. The van der Waals surface area contributed by atoms with Gasteiger partial charge < -0.3 is 15.5 Å². The van der Waals surface area contributed by atoms with E-state index in [1.165, 1.54) is 18.2 Å². The van der Waals surface area contributed by atoms with Gasteiger partial charge in [0.15, 0.2) is 11.6 Å². The third-order valence-electron chi connectivity index (χ3n) is 4.50. The van der Waals surface area contributed by atoms with E-state index in [1.54, 1.807) is 11.0 Å². The summed E-state index contributed by atoms with van der Waals surface area (Å²) in [5.74, 6) is -2.86. The first-order valence-electron chi connectivity index (χ1n) is 8.99. The highest BCUT2D eigenvalue weighted by atomic mass is 127. The molecule has 0 saturated carbocycles. The maximum Gasteiger partial charge on any atom is 0.256 e. The van der Waals surface area contributed by atoms with Gasteiger partial charge in [0.1, 0.15) is 5.82 Å². The van der Waals surface area contributed by atoms with Gasteiger partial charge >= 0.3 is 0 Å². The largest absolute Gasteiger partial charge is 0.350 e. The number of hydrogen-bond acceptors (Lipinski definition) is 3. The highest BCUT2D eigenvalue weighted by Crippen LogP contribution is 2.30. The van der Waals surface area contributed by atoms with Crippen LogP contribution in [0.4, 0.5) is 24.5 Å². The first-order chi connectivity index (χ1) is 13.3. The van der Waals surface area contributed by atoms with Gasteiger partial charge in [-0.2, -0.15) is 0 Å². The zero-order valence-electron chi connectivity index (χ0n) is 15.5. The van der Waals surface area contributed by atoms with Gasteiger partial charge in [-0.15, -0.1) is 0 Å². The highest BCUT2D eigenvalue weighted by Gasteiger charge is 2.33. The summed E-state index contributed by atoms with van der Waals surface area (Å²) in [4.78, 5) is 14.4. The van der Waals surface area contributed by atoms with Crippen LogP contribution in [0.3, 0.4) is 0 Å². The fourth-order valence-electron chi connectivity index (χ4n) is 2.92. The van der Waals surface area contributed by atoms with E-state index in [1.807, 2.05) is 22.6 Å². The first-order valence-corrected chi connectivity index (χ1v) is 10.1. The SMILES string of the molecule is CC(C)CNC1CN(C(=O)c2ccc(F)c(F)c2Nc2ccc(I)cc2F)C1. The topological polar surface area (TPSA) is 44.4 Å². The molecule has 8 heteroatoms. The Morgan fingerprint density at radius 3 is 2.54 bits per heavy atom. The minimum atomic E-state index is -1.21. The summed E-state index contributed by atoms with van der Waals surface area (Å²) in [7, 11) is 0. The lowest BCUT2D eigenvalue weighted by Gasteiger charge is -2.40. The van der Waals surface area contributed by atoms with Crippen molar-refractivity contribution in [2.45, 2.75) is 19.9 Å². The van der Waals surface area contributed by atoms with E-state index in [2.05, 4.69) is 24.5 Å². The molecule has 3 rings (SSSR count). The van der Waals surface area contributed by atoms with Gasteiger partial charge in [0, 0.05) is 22.7 Å². The number of carbonyl (C=O) groups excluding carboxylic acids is 1. The van der Waals surface area contributed by atoms with Crippen molar-refractivity contribution in [3.8, 4) is 0 Å². The molecule has 2 aromatic carbocycles. The summed E-state index contributed by atoms with van der Waals surface area (Å²) in [6.07, 6.45) is 0. The van der Waals surface area contributed by atoms with Crippen molar-refractivity contribution < 1.29 is 18.0 Å². The number of amides is 1. The molecule has 0 unspecified atom stereocenters. The van der Waals surface area contributed by atoms with Crippen molar-refractivity contribution in [3.05, 3.63) is 56.9 Å². The Bertz CT molecular complexity index is 885. The number of carbonyl (C=O) groups is 1.